The highest BCUT2D eigenvalue weighted by molar-refractivity contribution is 5.68. The zero-order valence-electron chi connectivity index (χ0n) is 9.80. The van der Waals surface area contributed by atoms with Crippen molar-refractivity contribution < 1.29 is 15.3 Å². The number of carbonyl (C=O) groups excluding carboxylic acids is 1. The van der Waals surface area contributed by atoms with Gasteiger partial charge >= 0.3 is 6.09 Å². The zero-order chi connectivity index (χ0) is 12.3. The van der Waals surface area contributed by atoms with Gasteiger partial charge in [0.2, 0.25) is 0 Å². The van der Waals surface area contributed by atoms with E-state index in [4.69, 9.17) is 6.11 Å². The molecule has 16 heavy (non-hydrogen) atoms. The summed E-state index contributed by atoms with van der Waals surface area (Å²) in [5, 5.41) is 0. The monoisotopic (exact) mass is 224 g/mol. The molecule has 2 rings (SSSR count). The molecule has 1 aromatic rings. The number of likely N-dealkylation sites (tertiary alicyclic amines) is 1. The summed E-state index contributed by atoms with van der Waals surface area (Å²) < 4.78 is 25.4. The lowest BCUT2D eigenvalue weighted by atomic mass is 10.2. The molecule has 2 atom stereocenters. The molecule has 1 aliphatic rings. The summed E-state index contributed by atoms with van der Waals surface area (Å²) in [4.78, 5) is 12.8. The van der Waals surface area contributed by atoms with Crippen LogP contribution in [0.15, 0.2) is 30.3 Å². The first-order chi connectivity index (χ1) is 8.16. The number of halogens is 1. The molecule has 3 nitrogen and oxygen atoms in total. The first-order valence-corrected chi connectivity index (χ1v) is 5.19. The van der Waals surface area contributed by atoms with Crippen LogP contribution in [0.2, 0.25) is 0 Å². The van der Waals surface area contributed by atoms with Gasteiger partial charge < -0.3 is 9.64 Å². The molecule has 4 heteroatoms. The van der Waals surface area contributed by atoms with Crippen molar-refractivity contribution in [3.63, 3.8) is 0 Å². The number of rotatable bonds is 2. The van der Waals surface area contributed by atoms with Crippen LogP contribution in [0.4, 0.5) is 9.18 Å². The number of benzene rings is 1. The van der Waals surface area contributed by atoms with Gasteiger partial charge in [-0.05, 0) is 12.0 Å². The minimum atomic E-state index is -1.26. The average molecular weight is 224 g/mol. The molecule has 1 fully saturated rings. The van der Waals surface area contributed by atoms with Crippen LogP contribution in [0.5, 0.6) is 0 Å². The van der Waals surface area contributed by atoms with Crippen molar-refractivity contribution in [3.05, 3.63) is 35.9 Å². The van der Waals surface area contributed by atoms with Crippen molar-refractivity contribution in [3.8, 4) is 0 Å². The Hall–Kier alpha value is -1.58. The van der Waals surface area contributed by atoms with Crippen LogP contribution in [0.1, 0.15) is 13.3 Å². The van der Waals surface area contributed by atoms with Crippen LogP contribution in [0.3, 0.4) is 0 Å². The maximum Gasteiger partial charge on any atom is 0.410 e. The maximum atomic E-state index is 13.1. The van der Waals surface area contributed by atoms with Crippen LogP contribution in [-0.2, 0) is 11.3 Å². The highest BCUT2D eigenvalue weighted by Crippen LogP contribution is 2.13. The van der Waals surface area contributed by atoms with Gasteiger partial charge in [0.15, 0.2) is 0 Å². The lowest BCUT2D eigenvalue weighted by Gasteiger charge is -2.14. The molecule has 0 bridgehead atoms. The van der Waals surface area contributed by atoms with Crippen LogP contribution in [0, 0.1) is 0 Å². The number of hydrogen-bond acceptors (Lipinski definition) is 2. The Labute approximate surface area is 95.2 Å². The molecule has 0 N–H and O–H groups in total. The molecular formula is C12H14FNO2. The van der Waals surface area contributed by atoms with Crippen molar-refractivity contribution in [1.82, 2.24) is 4.90 Å². The number of carbonyl (C=O) groups is 1. The number of nitrogens with zero attached hydrogens (tertiary/aromatic N) is 1. The molecule has 0 unspecified atom stereocenters. The highest BCUT2D eigenvalue weighted by atomic mass is 19.1. The predicted octanol–water partition coefficient (Wildman–Crippen LogP) is 2.37. The van der Waals surface area contributed by atoms with Crippen LogP contribution < -0.4 is 0 Å². The second kappa shape index (κ2) is 4.96. The number of alkyl halides is 1. The average Bonchev–Trinajstić information content (AvgIpc) is 2.68. The van der Waals surface area contributed by atoms with E-state index >= 15 is 0 Å². The Morgan fingerprint density at radius 3 is 2.94 bits per heavy atom. The number of amides is 1. The fourth-order valence-corrected chi connectivity index (χ4v) is 1.56. The Kier molecular flexibility index (Phi) is 2.99. The number of hydrogen-bond donors (Lipinski definition) is 0. The molecule has 1 aliphatic heterocycles. The highest BCUT2D eigenvalue weighted by Gasteiger charge is 2.26. The lowest BCUT2D eigenvalue weighted by Crippen LogP contribution is -2.29. The first kappa shape index (κ1) is 9.63. The van der Waals surface area contributed by atoms with Gasteiger partial charge in [-0.15, -0.1) is 0 Å². The van der Waals surface area contributed by atoms with Gasteiger partial charge in [-0.25, -0.2) is 9.18 Å². The smallest absolute Gasteiger partial charge is 0.410 e. The summed E-state index contributed by atoms with van der Waals surface area (Å²) in [5.74, 6) is 0. The second-order valence-corrected chi connectivity index (χ2v) is 3.70. The third-order valence-electron chi connectivity index (χ3n) is 2.44. The van der Waals surface area contributed by atoms with Crippen LogP contribution in [0.25, 0.3) is 0 Å². The Morgan fingerprint density at radius 1 is 1.56 bits per heavy atom. The first-order valence-electron chi connectivity index (χ1n) is 5.76. The van der Waals surface area contributed by atoms with E-state index in [1.807, 2.05) is 30.3 Å². The molecule has 0 aromatic heterocycles. The number of ether oxygens (including phenoxy) is 1. The minimum Gasteiger partial charge on any atom is -0.445 e. The van der Waals surface area contributed by atoms with E-state index < -0.39 is 18.7 Å². The molecule has 1 saturated heterocycles. The predicted molar refractivity (Wildman–Crippen MR) is 57.7 cm³/mol. The molecule has 0 aliphatic carbocycles. The van der Waals surface area contributed by atoms with Gasteiger partial charge in [0.25, 0.3) is 0 Å². The summed E-state index contributed by atoms with van der Waals surface area (Å²) in [6.45, 7) is 0.242. The van der Waals surface area contributed by atoms with Crippen LogP contribution >= 0.6 is 0 Å². The summed E-state index contributed by atoms with van der Waals surface area (Å²) in [6, 6.07) is 9.29. The maximum absolute atomic E-state index is 13.1. The summed E-state index contributed by atoms with van der Waals surface area (Å²) in [7, 11) is 0. The minimum absolute atomic E-state index is 0.0399. The Bertz CT molecular complexity index is 377. The lowest BCUT2D eigenvalue weighted by molar-refractivity contribution is 0.102. The molecule has 0 saturated carbocycles. The summed E-state index contributed by atoms with van der Waals surface area (Å²) >= 11 is 0. The molecule has 0 spiro atoms. The van der Waals surface area contributed by atoms with Crippen molar-refractivity contribution >= 4 is 6.09 Å². The molecule has 0 radical (unpaired) electrons. The largest absolute Gasteiger partial charge is 0.445 e. The zero-order valence-corrected chi connectivity index (χ0v) is 8.80. The van der Waals surface area contributed by atoms with E-state index in [9.17, 15) is 9.18 Å². The summed E-state index contributed by atoms with van der Waals surface area (Å²) in [5.41, 5.74) is 0.888. The molecule has 1 heterocycles. The standard InChI is InChI=1S/C12H14FNO2/c13-11-6-7-14(8-11)12(15)16-9-10-4-2-1-3-5-10/h1-5,11H,6-9H2/t11-/m0/s1/i6D/t6-,11+/m1. The quantitative estimate of drug-likeness (QED) is 0.771. The fraction of sp³-hybridized carbons (Fsp3) is 0.417. The normalized spacial score (nSPS) is 25.3. The van der Waals surface area contributed by atoms with E-state index in [0.717, 1.165) is 5.56 Å². The topological polar surface area (TPSA) is 29.5 Å². The molecule has 1 aromatic carbocycles. The second-order valence-electron chi connectivity index (χ2n) is 3.70. The van der Waals surface area contributed by atoms with Crippen molar-refractivity contribution in [2.75, 3.05) is 13.1 Å². The Balaban J connectivity index is 1.82. The van der Waals surface area contributed by atoms with E-state index in [2.05, 4.69) is 0 Å². The van der Waals surface area contributed by atoms with Gasteiger partial charge in [-0.1, -0.05) is 30.3 Å². The molecule has 86 valence electrons. The van der Waals surface area contributed by atoms with Crippen LogP contribution in [-0.4, -0.2) is 30.3 Å². The van der Waals surface area contributed by atoms with E-state index in [1.165, 1.54) is 4.90 Å². The van der Waals surface area contributed by atoms with Gasteiger partial charge in [0.1, 0.15) is 12.8 Å². The fourth-order valence-electron chi connectivity index (χ4n) is 1.56. The van der Waals surface area contributed by atoms with Gasteiger partial charge in [0.05, 0.1) is 6.54 Å². The third kappa shape index (κ3) is 2.72. The summed E-state index contributed by atoms with van der Waals surface area (Å²) in [6.07, 6.45) is -2.66. The van der Waals surface area contributed by atoms with E-state index in [-0.39, 0.29) is 19.7 Å². The van der Waals surface area contributed by atoms with Crippen molar-refractivity contribution in [1.29, 1.82) is 0 Å². The molecular weight excluding hydrogens is 209 g/mol. The van der Waals surface area contributed by atoms with Gasteiger partial charge in [-0.3, -0.25) is 0 Å². The molecule has 1 amide bonds. The van der Waals surface area contributed by atoms with Gasteiger partial charge in [0, 0.05) is 7.92 Å². The van der Waals surface area contributed by atoms with E-state index in [0.29, 0.717) is 0 Å². The van der Waals surface area contributed by atoms with Gasteiger partial charge in [-0.2, -0.15) is 0 Å². The SMILES string of the molecule is [2H][C@@H]1CN(C(=O)OCc2ccccc2)C[C@H]1F. The Morgan fingerprint density at radius 2 is 2.31 bits per heavy atom. The van der Waals surface area contributed by atoms with Crippen molar-refractivity contribution in [2.24, 2.45) is 0 Å². The van der Waals surface area contributed by atoms with E-state index in [1.54, 1.807) is 0 Å². The third-order valence-corrected chi connectivity index (χ3v) is 2.44. The van der Waals surface area contributed by atoms with Crippen molar-refractivity contribution in [2.45, 2.75) is 19.2 Å².